The Morgan fingerprint density at radius 3 is 2.84 bits per heavy atom. The van der Waals surface area contributed by atoms with Gasteiger partial charge in [-0.2, -0.15) is 5.10 Å². The highest BCUT2D eigenvalue weighted by Crippen LogP contribution is 2.20. The molecule has 0 atom stereocenters. The van der Waals surface area contributed by atoms with E-state index in [1.54, 1.807) is 28.3 Å². The van der Waals surface area contributed by atoms with Gasteiger partial charge in [0.1, 0.15) is 5.65 Å². The summed E-state index contributed by atoms with van der Waals surface area (Å²) in [6.07, 6.45) is 3.44. The van der Waals surface area contributed by atoms with Crippen molar-refractivity contribution in [2.45, 2.75) is 20.4 Å². The van der Waals surface area contributed by atoms with E-state index in [0.717, 1.165) is 16.3 Å². The molecule has 0 aliphatic carbocycles. The standard InChI is InChI=1S/C13H14N4OS/c1-8-12(19-9(2)15-8)7-17-5-4-11(18)10-6-14-16(3)13(10)17/h4-6H,7H2,1-3H3. The summed E-state index contributed by atoms with van der Waals surface area (Å²) in [5.41, 5.74) is 1.91. The third-order valence-corrected chi connectivity index (χ3v) is 4.22. The van der Waals surface area contributed by atoms with Crippen LogP contribution in [-0.4, -0.2) is 19.3 Å². The van der Waals surface area contributed by atoms with Crippen LogP contribution in [0.15, 0.2) is 23.3 Å². The SMILES string of the molecule is Cc1nc(C)c(Cn2ccc(=O)c3cnn(C)c32)s1. The van der Waals surface area contributed by atoms with Gasteiger partial charge in [0.25, 0.3) is 0 Å². The third-order valence-electron chi connectivity index (χ3n) is 3.16. The van der Waals surface area contributed by atoms with Crippen LogP contribution in [0.4, 0.5) is 0 Å². The molecule has 0 aliphatic heterocycles. The molecular formula is C13H14N4OS. The Bertz CT molecular complexity index is 812. The second-order valence-corrected chi connectivity index (χ2v) is 5.84. The summed E-state index contributed by atoms with van der Waals surface area (Å²) >= 11 is 1.69. The van der Waals surface area contributed by atoms with Crippen molar-refractivity contribution in [3.05, 3.63) is 44.3 Å². The Labute approximate surface area is 114 Å². The molecule has 5 nitrogen and oxygen atoms in total. The number of pyridine rings is 1. The van der Waals surface area contributed by atoms with Gasteiger partial charge in [0.2, 0.25) is 0 Å². The molecule has 0 saturated carbocycles. The molecule has 0 aliphatic rings. The van der Waals surface area contributed by atoms with Crippen molar-refractivity contribution >= 4 is 22.4 Å². The molecule has 0 fully saturated rings. The Hall–Kier alpha value is -1.95. The molecule has 19 heavy (non-hydrogen) atoms. The normalized spacial score (nSPS) is 11.3. The Balaban J connectivity index is 2.16. The van der Waals surface area contributed by atoms with Crippen molar-refractivity contribution in [3.63, 3.8) is 0 Å². The number of nitrogens with zero attached hydrogens (tertiary/aromatic N) is 4. The maximum absolute atomic E-state index is 11.8. The molecule has 0 spiro atoms. The van der Waals surface area contributed by atoms with Gasteiger partial charge < -0.3 is 4.57 Å². The van der Waals surface area contributed by atoms with Crippen LogP contribution in [0, 0.1) is 13.8 Å². The van der Waals surface area contributed by atoms with Crippen molar-refractivity contribution in [3.8, 4) is 0 Å². The van der Waals surface area contributed by atoms with Gasteiger partial charge in [-0.1, -0.05) is 0 Å². The first-order valence-corrected chi connectivity index (χ1v) is 6.82. The predicted molar refractivity (Wildman–Crippen MR) is 75.7 cm³/mol. The van der Waals surface area contributed by atoms with Crippen molar-refractivity contribution in [1.82, 2.24) is 19.3 Å². The van der Waals surface area contributed by atoms with Crippen LogP contribution in [0.3, 0.4) is 0 Å². The summed E-state index contributed by atoms with van der Waals surface area (Å²) in [4.78, 5) is 17.4. The molecule has 0 radical (unpaired) electrons. The zero-order chi connectivity index (χ0) is 13.6. The fourth-order valence-electron chi connectivity index (χ4n) is 2.27. The second kappa shape index (κ2) is 4.31. The smallest absolute Gasteiger partial charge is 0.192 e. The summed E-state index contributed by atoms with van der Waals surface area (Å²) in [5.74, 6) is 0. The fraction of sp³-hybridized carbons (Fsp3) is 0.308. The Kier molecular flexibility index (Phi) is 2.74. The zero-order valence-electron chi connectivity index (χ0n) is 11.0. The molecule has 0 bridgehead atoms. The van der Waals surface area contributed by atoms with Crippen molar-refractivity contribution < 1.29 is 0 Å². The molecule has 0 unspecified atom stereocenters. The number of hydrogen-bond donors (Lipinski definition) is 0. The van der Waals surface area contributed by atoms with Crippen LogP contribution in [-0.2, 0) is 13.6 Å². The molecule has 98 valence electrons. The third kappa shape index (κ3) is 1.98. The first-order valence-electron chi connectivity index (χ1n) is 6.00. The maximum Gasteiger partial charge on any atom is 0.192 e. The molecule has 0 N–H and O–H groups in total. The van der Waals surface area contributed by atoms with Gasteiger partial charge in [-0.05, 0) is 13.8 Å². The van der Waals surface area contributed by atoms with Gasteiger partial charge in [0, 0.05) is 24.2 Å². The van der Waals surface area contributed by atoms with Crippen molar-refractivity contribution in [2.24, 2.45) is 7.05 Å². The molecule has 0 saturated heterocycles. The number of hydrogen-bond acceptors (Lipinski definition) is 4. The van der Waals surface area contributed by atoms with Crippen LogP contribution in [0.1, 0.15) is 15.6 Å². The Morgan fingerprint density at radius 1 is 1.37 bits per heavy atom. The van der Waals surface area contributed by atoms with E-state index >= 15 is 0 Å². The fourth-order valence-corrected chi connectivity index (χ4v) is 3.20. The lowest BCUT2D eigenvalue weighted by molar-refractivity contribution is 0.729. The van der Waals surface area contributed by atoms with E-state index in [0.29, 0.717) is 11.9 Å². The lowest BCUT2D eigenvalue weighted by Crippen LogP contribution is -2.10. The van der Waals surface area contributed by atoms with Crippen LogP contribution in [0.25, 0.3) is 11.0 Å². The molecular weight excluding hydrogens is 260 g/mol. The molecule has 0 aromatic carbocycles. The molecule has 3 rings (SSSR count). The second-order valence-electron chi connectivity index (χ2n) is 4.55. The van der Waals surface area contributed by atoms with E-state index in [2.05, 4.69) is 10.1 Å². The summed E-state index contributed by atoms with van der Waals surface area (Å²) in [7, 11) is 1.85. The van der Waals surface area contributed by atoms with E-state index < -0.39 is 0 Å². The molecule has 3 heterocycles. The summed E-state index contributed by atoms with van der Waals surface area (Å²) in [6.45, 7) is 4.74. The monoisotopic (exact) mass is 274 g/mol. The molecule has 0 amide bonds. The number of aromatic nitrogens is 4. The summed E-state index contributed by atoms with van der Waals surface area (Å²) in [6, 6.07) is 1.59. The number of rotatable bonds is 2. The van der Waals surface area contributed by atoms with Gasteiger partial charge in [-0.3, -0.25) is 9.48 Å². The van der Waals surface area contributed by atoms with Gasteiger partial charge in [0.15, 0.2) is 5.43 Å². The van der Waals surface area contributed by atoms with Crippen molar-refractivity contribution in [2.75, 3.05) is 0 Å². The van der Waals surface area contributed by atoms with Gasteiger partial charge in [0.05, 0.1) is 28.8 Å². The average Bonchev–Trinajstić information content (AvgIpc) is 2.88. The van der Waals surface area contributed by atoms with E-state index in [1.807, 2.05) is 31.7 Å². The minimum Gasteiger partial charge on any atom is -0.327 e. The van der Waals surface area contributed by atoms with Crippen LogP contribution >= 0.6 is 11.3 Å². The molecule has 3 aromatic heterocycles. The quantitative estimate of drug-likeness (QED) is 0.716. The number of thiazole rings is 1. The number of aryl methyl sites for hydroxylation is 3. The highest BCUT2D eigenvalue weighted by atomic mass is 32.1. The molecule has 6 heteroatoms. The lowest BCUT2D eigenvalue weighted by atomic mass is 10.3. The van der Waals surface area contributed by atoms with Gasteiger partial charge in [-0.15, -0.1) is 11.3 Å². The van der Waals surface area contributed by atoms with E-state index in [9.17, 15) is 4.79 Å². The topological polar surface area (TPSA) is 52.7 Å². The summed E-state index contributed by atoms with van der Waals surface area (Å²) < 4.78 is 3.78. The zero-order valence-corrected chi connectivity index (χ0v) is 11.9. The highest BCUT2D eigenvalue weighted by Gasteiger charge is 2.10. The summed E-state index contributed by atoms with van der Waals surface area (Å²) in [5, 5.41) is 5.89. The van der Waals surface area contributed by atoms with Crippen LogP contribution in [0.2, 0.25) is 0 Å². The van der Waals surface area contributed by atoms with Gasteiger partial charge >= 0.3 is 0 Å². The first-order chi connectivity index (χ1) is 9.06. The number of fused-ring (bicyclic) bond motifs is 1. The van der Waals surface area contributed by atoms with Crippen LogP contribution < -0.4 is 5.43 Å². The Morgan fingerprint density at radius 2 is 2.16 bits per heavy atom. The minimum atomic E-state index is 0.0107. The van der Waals surface area contributed by atoms with Gasteiger partial charge in [-0.25, -0.2) is 4.98 Å². The van der Waals surface area contributed by atoms with Crippen molar-refractivity contribution in [1.29, 1.82) is 0 Å². The maximum atomic E-state index is 11.8. The predicted octanol–water partition coefficient (Wildman–Crippen LogP) is 1.86. The van der Waals surface area contributed by atoms with E-state index in [-0.39, 0.29) is 5.43 Å². The van der Waals surface area contributed by atoms with Crippen LogP contribution in [0.5, 0.6) is 0 Å². The van der Waals surface area contributed by atoms with E-state index in [1.165, 1.54) is 4.88 Å². The average molecular weight is 274 g/mol. The largest absolute Gasteiger partial charge is 0.327 e. The highest BCUT2D eigenvalue weighted by molar-refractivity contribution is 7.11. The first kappa shape index (κ1) is 12.1. The lowest BCUT2D eigenvalue weighted by Gasteiger charge is -2.08. The van der Waals surface area contributed by atoms with E-state index in [4.69, 9.17) is 0 Å². The minimum absolute atomic E-state index is 0.0107. The molecule has 3 aromatic rings.